The number of nitrogens with two attached hydrogens (primary N) is 1. The van der Waals surface area contributed by atoms with Crippen molar-refractivity contribution < 1.29 is 14.0 Å². The van der Waals surface area contributed by atoms with Crippen LogP contribution < -0.4 is 11.1 Å². The lowest BCUT2D eigenvalue weighted by Gasteiger charge is -2.36. The van der Waals surface area contributed by atoms with Gasteiger partial charge in [0.25, 0.3) is 5.91 Å². The van der Waals surface area contributed by atoms with Crippen LogP contribution in [0.1, 0.15) is 23.3 Å². The van der Waals surface area contributed by atoms with E-state index < -0.39 is 0 Å². The monoisotopic (exact) mass is 449 g/mol. The molecule has 3 N–H and O–H groups in total. The first-order chi connectivity index (χ1) is 15.9. The third-order valence-electron chi connectivity index (χ3n) is 5.68. The fourth-order valence-electron chi connectivity index (χ4n) is 3.78. The molecule has 0 spiro atoms. The number of likely N-dealkylation sites (tertiary alicyclic amines) is 1. The Labute approximate surface area is 190 Å². The second-order valence-electron chi connectivity index (χ2n) is 7.80. The minimum atomic E-state index is -0.332. The lowest BCUT2D eigenvalue weighted by atomic mass is 10.0. The van der Waals surface area contributed by atoms with Gasteiger partial charge in [0.15, 0.2) is 11.5 Å². The summed E-state index contributed by atoms with van der Waals surface area (Å²) < 4.78 is 13.4. The first-order valence-electron chi connectivity index (χ1n) is 10.5. The van der Waals surface area contributed by atoms with Crippen molar-refractivity contribution in [2.75, 3.05) is 31.2 Å². The molecule has 33 heavy (non-hydrogen) atoms. The van der Waals surface area contributed by atoms with Crippen LogP contribution in [0.3, 0.4) is 0 Å². The molecule has 0 saturated carbocycles. The van der Waals surface area contributed by atoms with Gasteiger partial charge >= 0.3 is 6.03 Å². The van der Waals surface area contributed by atoms with Gasteiger partial charge in [-0.1, -0.05) is 12.1 Å². The summed E-state index contributed by atoms with van der Waals surface area (Å²) in [7, 11) is 1.73. The van der Waals surface area contributed by atoms with Gasteiger partial charge in [-0.05, 0) is 37.1 Å². The highest BCUT2D eigenvalue weighted by atomic mass is 19.1. The highest BCUT2D eigenvalue weighted by Crippen LogP contribution is 2.21. The van der Waals surface area contributed by atoms with Crippen LogP contribution >= 0.6 is 0 Å². The van der Waals surface area contributed by atoms with Crippen molar-refractivity contribution >= 4 is 23.4 Å². The van der Waals surface area contributed by atoms with E-state index in [1.165, 1.54) is 24.5 Å². The van der Waals surface area contributed by atoms with E-state index in [4.69, 9.17) is 5.73 Å². The second kappa shape index (κ2) is 9.60. The summed E-state index contributed by atoms with van der Waals surface area (Å²) in [5.41, 5.74) is 7.72. The number of urea groups is 1. The average molecular weight is 449 g/mol. The van der Waals surface area contributed by atoms with E-state index in [2.05, 4.69) is 20.3 Å². The summed E-state index contributed by atoms with van der Waals surface area (Å²) in [6.07, 6.45) is 5.68. The summed E-state index contributed by atoms with van der Waals surface area (Å²) >= 11 is 0. The Morgan fingerprint density at radius 1 is 1.12 bits per heavy atom. The van der Waals surface area contributed by atoms with Crippen LogP contribution in [-0.4, -0.2) is 62.9 Å². The van der Waals surface area contributed by atoms with Gasteiger partial charge < -0.3 is 20.9 Å². The summed E-state index contributed by atoms with van der Waals surface area (Å²) in [6, 6.07) is 9.35. The van der Waals surface area contributed by atoms with Gasteiger partial charge in [0.1, 0.15) is 5.82 Å². The molecule has 1 aromatic carbocycles. The molecule has 10 heteroatoms. The van der Waals surface area contributed by atoms with Gasteiger partial charge in [-0.3, -0.25) is 9.78 Å². The van der Waals surface area contributed by atoms with Crippen molar-refractivity contribution in [1.29, 1.82) is 0 Å². The number of nitrogen functional groups attached to an aromatic ring is 1. The van der Waals surface area contributed by atoms with Crippen LogP contribution in [0.4, 0.5) is 20.7 Å². The average Bonchev–Trinajstić information content (AvgIpc) is 2.84. The largest absolute Gasteiger partial charge is 0.382 e. The molecule has 2 aromatic heterocycles. The Balaban J connectivity index is 1.32. The van der Waals surface area contributed by atoms with E-state index in [9.17, 15) is 14.0 Å². The Morgan fingerprint density at radius 2 is 1.88 bits per heavy atom. The highest BCUT2D eigenvalue weighted by molar-refractivity contribution is 5.96. The van der Waals surface area contributed by atoms with Crippen LogP contribution in [0.5, 0.6) is 0 Å². The van der Waals surface area contributed by atoms with Crippen LogP contribution in [0.2, 0.25) is 0 Å². The van der Waals surface area contributed by atoms with Gasteiger partial charge in [-0.25, -0.2) is 19.2 Å². The van der Waals surface area contributed by atoms with Crippen molar-refractivity contribution in [1.82, 2.24) is 24.8 Å². The second-order valence-corrected chi connectivity index (χ2v) is 7.80. The maximum Gasteiger partial charge on any atom is 0.321 e. The number of pyridine rings is 1. The van der Waals surface area contributed by atoms with Gasteiger partial charge in [0.05, 0.1) is 17.6 Å². The molecule has 1 fully saturated rings. The van der Waals surface area contributed by atoms with Crippen LogP contribution in [-0.2, 0) is 0 Å². The third kappa shape index (κ3) is 5.05. The number of piperidine rings is 1. The zero-order chi connectivity index (χ0) is 23.4. The number of carbonyl (C=O) groups excluding carboxylic acids is 2. The normalized spacial score (nSPS) is 14.1. The van der Waals surface area contributed by atoms with E-state index in [0.717, 1.165) is 0 Å². The number of aromatic nitrogens is 3. The first kappa shape index (κ1) is 22.1. The summed E-state index contributed by atoms with van der Waals surface area (Å²) in [4.78, 5) is 40.9. The molecule has 1 aliphatic rings. The van der Waals surface area contributed by atoms with E-state index in [0.29, 0.717) is 42.9 Å². The summed E-state index contributed by atoms with van der Waals surface area (Å²) in [6.45, 7) is 0.974. The number of halogens is 1. The Kier molecular flexibility index (Phi) is 6.43. The van der Waals surface area contributed by atoms with Crippen molar-refractivity contribution in [2.45, 2.75) is 18.9 Å². The molecule has 170 valence electrons. The zero-order valence-electron chi connectivity index (χ0n) is 18.1. The Morgan fingerprint density at radius 3 is 2.55 bits per heavy atom. The number of amides is 3. The van der Waals surface area contributed by atoms with Crippen molar-refractivity contribution in [3.05, 3.63) is 66.5 Å². The lowest BCUT2D eigenvalue weighted by Crippen LogP contribution is -2.48. The molecule has 4 rings (SSSR count). The van der Waals surface area contributed by atoms with Gasteiger partial charge in [-0.2, -0.15) is 0 Å². The molecule has 0 unspecified atom stereocenters. The Hall–Kier alpha value is -4.08. The van der Waals surface area contributed by atoms with Gasteiger partial charge in [0.2, 0.25) is 0 Å². The molecule has 0 aliphatic carbocycles. The van der Waals surface area contributed by atoms with E-state index >= 15 is 0 Å². The van der Waals surface area contributed by atoms with Gasteiger partial charge in [-0.15, -0.1) is 0 Å². The number of anilines is 2. The zero-order valence-corrected chi connectivity index (χ0v) is 18.1. The highest BCUT2D eigenvalue weighted by Gasteiger charge is 2.29. The third-order valence-corrected chi connectivity index (χ3v) is 5.68. The predicted octanol–water partition coefficient (Wildman–Crippen LogP) is 3.03. The van der Waals surface area contributed by atoms with Crippen molar-refractivity contribution in [2.24, 2.45) is 0 Å². The van der Waals surface area contributed by atoms with Crippen molar-refractivity contribution in [3.8, 4) is 11.3 Å². The van der Waals surface area contributed by atoms with Crippen LogP contribution in [0.15, 0.2) is 55.0 Å². The fourth-order valence-corrected chi connectivity index (χ4v) is 3.78. The standard InChI is InChI=1S/C23H24FN7O2/c1-30(18-7-11-31(12-8-18)22(32)20-21(25)27-10-9-26-20)23(33)29-17-5-6-19(28-14-17)15-3-2-4-16(24)13-15/h2-6,9-10,13-14,18H,7-8,11-12H2,1H3,(H2,25,27)(H,29,33). The summed E-state index contributed by atoms with van der Waals surface area (Å²) in [5.74, 6) is -0.477. The number of benzene rings is 1. The molecule has 0 radical (unpaired) electrons. The molecular weight excluding hydrogens is 425 g/mol. The molecule has 0 bridgehead atoms. The molecular formula is C23H24FN7O2. The smallest absolute Gasteiger partial charge is 0.321 e. The SMILES string of the molecule is CN(C(=O)Nc1ccc(-c2cccc(F)c2)nc1)C1CCN(C(=O)c2nccnc2N)CC1. The number of nitrogens with zero attached hydrogens (tertiary/aromatic N) is 5. The number of rotatable bonds is 4. The van der Waals surface area contributed by atoms with Crippen LogP contribution in [0.25, 0.3) is 11.3 Å². The van der Waals surface area contributed by atoms with E-state index in [-0.39, 0.29) is 35.3 Å². The molecule has 0 atom stereocenters. The maximum atomic E-state index is 13.4. The van der Waals surface area contributed by atoms with Crippen molar-refractivity contribution in [3.63, 3.8) is 0 Å². The van der Waals surface area contributed by atoms with E-state index in [1.807, 2.05) is 0 Å². The molecule has 1 aliphatic heterocycles. The quantitative estimate of drug-likeness (QED) is 0.632. The molecule has 9 nitrogen and oxygen atoms in total. The minimum Gasteiger partial charge on any atom is -0.382 e. The molecule has 3 aromatic rings. The summed E-state index contributed by atoms with van der Waals surface area (Å²) in [5, 5.41) is 2.83. The number of nitrogens with one attached hydrogen (secondary N) is 1. The molecule has 3 amide bonds. The molecule has 1 saturated heterocycles. The number of hydrogen-bond acceptors (Lipinski definition) is 6. The van der Waals surface area contributed by atoms with Crippen LogP contribution in [0, 0.1) is 5.82 Å². The first-order valence-corrected chi connectivity index (χ1v) is 10.5. The maximum absolute atomic E-state index is 13.4. The molecule has 3 heterocycles. The number of carbonyl (C=O) groups is 2. The fraction of sp³-hybridized carbons (Fsp3) is 0.261. The van der Waals surface area contributed by atoms with E-state index in [1.54, 1.807) is 47.3 Å². The Bertz CT molecular complexity index is 1150. The number of hydrogen-bond donors (Lipinski definition) is 2. The predicted molar refractivity (Wildman–Crippen MR) is 122 cm³/mol. The topological polar surface area (TPSA) is 117 Å². The minimum absolute atomic E-state index is 0.0206. The lowest BCUT2D eigenvalue weighted by molar-refractivity contribution is 0.0666. The van der Waals surface area contributed by atoms with Gasteiger partial charge in [0, 0.05) is 44.1 Å².